The van der Waals surface area contributed by atoms with Gasteiger partial charge in [0.2, 0.25) is 0 Å². The Morgan fingerprint density at radius 3 is 2.48 bits per heavy atom. The van der Waals surface area contributed by atoms with Crippen molar-refractivity contribution in [2.75, 3.05) is 5.32 Å². The number of hydrogen-bond acceptors (Lipinski definition) is 2. The van der Waals surface area contributed by atoms with Gasteiger partial charge in [-0.15, -0.1) is 0 Å². The van der Waals surface area contributed by atoms with Crippen molar-refractivity contribution in [1.82, 2.24) is 0 Å². The van der Waals surface area contributed by atoms with E-state index in [-0.39, 0.29) is 5.91 Å². The Morgan fingerprint density at radius 2 is 1.81 bits per heavy atom. The summed E-state index contributed by atoms with van der Waals surface area (Å²) in [6.45, 7) is 7.82. The molecule has 0 bridgehead atoms. The van der Waals surface area contributed by atoms with Crippen LogP contribution >= 0.6 is 0 Å². The number of rotatable bonds is 4. The predicted molar refractivity (Wildman–Crippen MR) is 85.8 cm³/mol. The fraction of sp³-hybridized carbons (Fsp3) is 0.278. The highest BCUT2D eigenvalue weighted by atomic mass is 16.5. The lowest BCUT2D eigenvalue weighted by atomic mass is 10.1. The van der Waals surface area contributed by atoms with Gasteiger partial charge in [0, 0.05) is 5.69 Å². The first-order valence-electron chi connectivity index (χ1n) is 7.07. The Labute approximate surface area is 126 Å². The second-order valence-corrected chi connectivity index (χ2v) is 5.36. The Bertz CT molecular complexity index is 649. The van der Waals surface area contributed by atoms with Crippen LogP contribution in [0.4, 0.5) is 5.69 Å². The molecule has 1 N–H and O–H groups in total. The quantitative estimate of drug-likeness (QED) is 0.920. The molecule has 0 saturated heterocycles. The van der Waals surface area contributed by atoms with E-state index in [9.17, 15) is 4.79 Å². The molecule has 110 valence electrons. The predicted octanol–water partition coefficient (Wildman–Crippen LogP) is 4.02. The van der Waals surface area contributed by atoms with Gasteiger partial charge in [0.15, 0.2) is 6.10 Å². The van der Waals surface area contributed by atoms with Crippen molar-refractivity contribution in [2.24, 2.45) is 0 Å². The molecular weight excluding hydrogens is 262 g/mol. The van der Waals surface area contributed by atoms with Gasteiger partial charge in [0.1, 0.15) is 5.75 Å². The molecule has 0 spiro atoms. The maximum atomic E-state index is 12.1. The number of aryl methyl sites for hydroxylation is 3. The number of ether oxygens (including phenoxy) is 1. The molecule has 1 atom stereocenters. The molecule has 0 fully saturated rings. The Hall–Kier alpha value is -2.29. The van der Waals surface area contributed by atoms with Crippen LogP contribution in [-0.4, -0.2) is 12.0 Å². The third-order valence-electron chi connectivity index (χ3n) is 3.45. The van der Waals surface area contributed by atoms with Gasteiger partial charge >= 0.3 is 0 Å². The summed E-state index contributed by atoms with van der Waals surface area (Å²) in [5, 5.41) is 2.86. The van der Waals surface area contributed by atoms with Crippen molar-refractivity contribution in [3.8, 4) is 5.75 Å². The van der Waals surface area contributed by atoms with Gasteiger partial charge in [-0.2, -0.15) is 0 Å². The molecule has 21 heavy (non-hydrogen) atoms. The van der Waals surface area contributed by atoms with Gasteiger partial charge < -0.3 is 10.1 Å². The van der Waals surface area contributed by atoms with Crippen LogP contribution in [0.3, 0.4) is 0 Å². The lowest BCUT2D eigenvalue weighted by Gasteiger charge is -2.15. The lowest BCUT2D eigenvalue weighted by molar-refractivity contribution is -0.122. The summed E-state index contributed by atoms with van der Waals surface area (Å²) in [6.07, 6.45) is -0.549. The van der Waals surface area contributed by atoms with Crippen LogP contribution in [0.5, 0.6) is 5.75 Å². The van der Waals surface area contributed by atoms with Crippen molar-refractivity contribution in [2.45, 2.75) is 33.8 Å². The van der Waals surface area contributed by atoms with Crippen LogP contribution in [0.25, 0.3) is 0 Å². The minimum absolute atomic E-state index is 0.154. The van der Waals surface area contributed by atoms with Crippen LogP contribution < -0.4 is 10.1 Å². The van der Waals surface area contributed by atoms with Gasteiger partial charge in [-0.3, -0.25) is 4.79 Å². The molecule has 3 heteroatoms. The summed E-state index contributed by atoms with van der Waals surface area (Å²) in [4.78, 5) is 12.1. The second kappa shape index (κ2) is 6.44. The molecule has 0 heterocycles. The number of anilines is 1. The van der Waals surface area contributed by atoms with Crippen LogP contribution in [0.2, 0.25) is 0 Å². The normalized spacial score (nSPS) is 11.8. The van der Waals surface area contributed by atoms with E-state index in [1.54, 1.807) is 6.92 Å². The number of hydrogen-bond donors (Lipinski definition) is 1. The van der Waals surface area contributed by atoms with Crippen molar-refractivity contribution < 1.29 is 9.53 Å². The van der Waals surface area contributed by atoms with Crippen molar-refractivity contribution in [3.63, 3.8) is 0 Å². The van der Waals surface area contributed by atoms with Gasteiger partial charge in [-0.05, 0) is 68.7 Å². The lowest BCUT2D eigenvalue weighted by Crippen LogP contribution is -2.30. The van der Waals surface area contributed by atoms with E-state index in [1.807, 2.05) is 63.2 Å². The van der Waals surface area contributed by atoms with Crippen LogP contribution in [0.1, 0.15) is 23.6 Å². The van der Waals surface area contributed by atoms with Gasteiger partial charge in [-0.1, -0.05) is 18.2 Å². The Morgan fingerprint density at radius 1 is 1.05 bits per heavy atom. The van der Waals surface area contributed by atoms with Gasteiger partial charge in [0.05, 0.1) is 0 Å². The van der Waals surface area contributed by atoms with Crippen molar-refractivity contribution in [3.05, 3.63) is 59.2 Å². The van der Waals surface area contributed by atoms with E-state index >= 15 is 0 Å². The highest BCUT2D eigenvalue weighted by Crippen LogP contribution is 2.18. The minimum atomic E-state index is -0.549. The summed E-state index contributed by atoms with van der Waals surface area (Å²) in [5.41, 5.74) is 4.25. The Balaban J connectivity index is 2.00. The molecule has 0 unspecified atom stereocenters. The zero-order chi connectivity index (χ0) is 15.4. The maximum Gasteiger partial charge on any atom is 0.265 e. The standard InChI is InChI=1S/C18H21NO2/c1-12-6-5-7-16(10-12)19-18(20)15(4)21-17-9-8-13(2)14(3)11-17/h5-11,15H,1-4H3,(H,19,20)/t15-/m1/s1. The SMILES string of the molecule is Cc1cccc(NC(=O)[C@@H](C)Oc2ccc(C)c(C)c2)c1. The molecule has 2 rings (SSSR count). The van der Waals surface area contributed by atoms with Gasteiger partial charge in [0.25, 0.3) is 5.91 Å². The number of amides is 1. The smallest absolute Gasteiger partial charge is 0.265 e. The second-order valence-electron chi connectivity index (χ2n) is 5.36. The van der Waals surface area contributed by atoms with Crippen molar-refractivity contribution in [1.29, 1.82) is 0 Å². The molecule has 0 aliphatic heterocycles. The first kappa shape index (κ1) is 15.1. The molecule has 0 saturated carbocycles. The van der Waals surface area contributed by atoms with Gasteiger partial charge in [-0.25, -0.2) is 0 Å². The zero-order valence-electron chi connectivity index (χ0n) is 12.9. The van der Waals surface area contributed by atoms with Crippen LogP contribution in [0.15, 0.2) is 42.5 Å². The molecule has 2 aromatic carbocycles. The average molecular weight is 283 g/mol. The monoisotopic (exact) mass is 283 g/mol. The highest BCUT2D eigenvalue weighted by molar-refractivity contribution is 5.94. The molecular formula is C18H21NO2. The maximum absolute atomic E-state index is 12.1. The fourth-order valence-corrected chi connectivity index (χ4v) is 2.01. The Kier molecular flexibility index (Phi) is 4.63. The van der Waals surface area contributed by atoms with Crippen LogP contribution in [0, 0.1) is 20.8 Å². The topological polar surface area (TPSA) is 38.3 Å². The van der Waals surface area contributed by atoms with Crippen molar-refractivity contribution >= 4 is 11.6 Å². The van der Waals surface area contributed by atoms with E-state index in [2.05, 4.69) is 5.32 Å². The largest absolute Gasteiger partial charge is 0.481 e. The molecule has 0 aliphatic carbocycles. The molecule has 0 aliphatic rings. The van der Waals surface area contributed by atoms with E-state index in [4.69, 9.17) is 4.74 Å². The summed E-state index contributed by atoms with van der Waals surface area (Å²) in [7, 11) is 0. The molecule has 3 nitrogen and oxygen atoms in total. The average Bonchev–Trinajstić information content (AvgIpc) is 2.43. The highest BCUT2D eigenvalue weighted by Gasteiger charge is 2.15. The number of benzene rings is 2. The minimum Gasteiger partial charge on any atom is -0.481 e. The summed E-state index contributed by atoms with van der Waals surface area (Å²) in [6, 6.07) is 13.5. The first-order chi connectivity index (χ1) is 9.95. The molecule has 0 aromatic heterocycles. The fourth-order valence-electron chi connectivity index (χ4n) is 2.01. The summed E-state index contributed by atoms with van der Waals surface area (Å²) < 4.78 is 5.70. The van der Waals surface area contributed by atoms with E-state index in [1.165, 1.54) is 5.56 Å². The first-order valence-corrected chi connectivity index (χ1v) is 7.07. The molecule has 0 radical (unpaired) electrons. The third-order valence-corrected chi connectivity index (χ3v) is 3.45. The number of nitrogens with one attached hydrogen (secondary N) is 1. The third kappa shape index (κ3) is 4.09. The van der Waals surface area contributed by atoms with E-state index in [0.717, 1.165) is 16.8 Å². The molecule has 1 amide bonds. The summed E-state index contributed by atoms with van der Waals surface area (Å²) in [5.74, 6) is 0.559. The zero-order valence-corrected chi connectivity index (χ0v) is 12.9. The molecule has 2 aromatic rings. The summed E-state index contributed by atoms with van der Waals surface area (Å²) >= 11 is 0. The number of carbonyl (C=O) groups is 1. The van der Waals surface area contributed by atoms with E-state index < -0.39 is 6.10 Å². The van der Waals surface area contributed by atoms with Crippen LogP contribution in [-0.2, 0) is 4.79 Å². The van der Waals surface area contributed by atoms with E-state index in [0.29, 0.717) is 5.75 Å². The number of carbonyl (C=O) groups excluding carboxylic acids is 1.